The van der Waals surface area contributed by atoms with Gasteiger partial charge in [-0.3, -0.25) is 0 Å². The van der Waals surface area contributed by atoms with E-state index in [1.54, 1.807) is 6.33 Å². The third kappa shape index (κ3) is 4.34. The number of anilines is 2. The first-order chi connectivity index (χ1) is 13.6. The molecule has 2 N–H and O–H groups in total. The lowest BCUT2D eigenvalue weighted by Gasteiger charge is -2.34. The lowest BCUT2D eigenvalue weighted by Crippen LogP contribution is -2.46. The third-order valence-electron chi connectivity index (χ3n) is 5.02. The summed E-state index contributed by atoms with van der Waals surface area (Å²) in [4.78, 5) is 11.2. The number of benzene rings is 2. The first-order valence-electron chi connectivity index (χ1n) is 9.38. The number of fused-ring (bicyclic) bond motifs is 1. The second-order valence-corrected chi connectivity index (χ2v) is 7.93. The first-order valence-corrected chi connectivity index (χ1v) is 10.2. The van der Waals surface area contributed by atoms with Gasteiger partial charge < -0.3 is 15.5 Å². The van der Waals surface area contributed by atoms with Gasteiger partial charge in [-0.25, -0.2) is 9.97 Å². The van der Waals surface area contributed by atoms with Crippen molar-refractivity contribution in [2.24, 2.45) is 0 Å². The number of hydrogen-bond donors (Lipinski definition) is 2. The standard InChI is InChI=1S/C21H22ClN5S/c1-14-2-5-16(6-3-14)25-21(28)26-17-8-10-27(11-9-17)20-18-7-4-15(22)12-19(18)23-13-24-20/h2-7,12-13,17H,8-11H2,1H3,(H2,25,26,28). The van der Waals surface area contributed by atoms with Gasteiger partial charge in [0.15, 0.2) is 5.11 Å². The van der Waals surface area contributed by atoms with Crippen LogP contribution in [0.15, 0.2) is 48.8 Å². The Labute approximate surface area is 175 Å². The second kappa shape index (κ2) is 8.29. The number of aromatic nitrogens is 2. The highest BCUT2D eigenvalue weighted by molar-refractivity contribution is 7.80. The summed E-state index contributed by atoms with van der Waals surface area (Å²) < 4.78 is 0. The number of halogens is 1. The maximum Gasteiger partial charge on any atom is 0.170 e. The van der Waals surface area contributed by atoms with E-state index in [9.17, 15) is 0 Å². The molecule has 5 nitrogen and oxygen atoms in total. The van der Waals surface area contributed by atoms with Crippen LogP contribution in [0.5, 0.6) is 0 Å². The summed E-state index contributed by atoms with van der Waals surface area (Å²) >= 11 is 11.6. The molecule has 144 valence electrons. The van der Waals surface area contributed by atoms with Crippen LogP contribution < -0.4 is 15.5 Å². The predicted molar refractivity (Wildman–Crippen MR) is 120 cm³/mol. The van der Waals surface area contributed by atoms with E-state index in [0.717, 1.165) is 48.3 Å². The molecule has 0 bridgehead atoms. The molecule has 4 rings (SSSR count). The minimum atomic E-state index is 0.351. The van der Waals surface area contributed by atoms with Gasteiger partial charge in [0.05, 0.1) is 5.52 Å². The van der Waals surface area contributed by atoms with E-state index < -0.39 is 0 Å². The molecule has 1 aliphatic rings. The minimum absolute atomic E-state index is 0.351. The average molecular weight is 412 g/mol. The maximum absolute atomic E-state index is 6.09. The van der Waals surface area contributed by atoms with E-state index in [4.69, 9.17) is 23.8 Å². The van der Waals surface area contributed by atoms with Gasteiger partial charge in [-0.2, -0.15) is 0 Å². The third-order valence-corrected chi connectivity index (χ3v) is 5.47. The van der Waals surface area contributed by atoms with E-state index in [1.807, 2.05) is 30.3 Å². The molecule has 1 fully saturated rings. The summed E-state index contributed by atoms with van der Waals surface area (Å²) in [7, 11) is 0. The molecule has 0 saturated carbocycles. The summed E-state index contributed by atoms with van der Waals surface area (Å²) in [5.41, 5.74) is 3.11. The lowest BCUT2D eigenvalue weighted by molar-refractivity contribution is 0.466. The SMILES string of the molecule is Cc1ccc(NC(=S)NC2CCN(c3ncnc4cc(Cl)ccc34)CC2)cc1. The van der Waals surface area contributed by atoms with Gasteiger partial charge in [0.1, 0.15) is 12.1 Å². The normalized spacial score (nSPS) is 14.9. The average Bonchev–Trinajstić information content (AvgIpc) is 2.70. The highest BCUT2D eigenvalue weighted by atomic mass is 35.5. The van der Waals surface area contributed by atoms with Crippen molar-refractivity contribution in [1.29, 1.82) is 0 Å². The van der Waals surface area contributed by atoms with E-state index in [2.05, 4.69) is 44.6 Å². The summed E-state index contributed by atoms with van der Waals surface area (Å²) in [5.74, 6) is 0.973. The molecular formula is C21H22ClN5S. The molecule has 0 radical (unpaired) electrons. The molecular weight excluding hydrogens is 390 g/mol. The van der Waals surface area contributed by atoms with Gasteiger partial charge >= 0.3 is 0 Å². The highest BCUT2D eigenvalue weighted by Gasteiger charge is 2.22. The molecule has 1 saturated heterocycles. The van der Waals surface area contributed by atoms with Crippen LogP contribution in [0, 0.1) is 6.92 Å². The van der Waals surface area contributed by atoms with Crippen LogP contribution in [-0.4, -0.2) is 34.2 Å². The number of piperidine rings is 1. The molecule has 7 heteroatoms. The molecule has 1 aromatic heterocycles. The van der Waals surface area contributed by atoms with Crippen LogP contribution in [0.25, 0.3) is 10.9 Å². The zero-order valence-electron chi connectivity index (χ0n) is 15.7. The number of nitrogens with zero attached hydrogens (tertiary/aromatic N) is 3. The molecule has 3 aromatic rings. The van der Waals surface area contributed by atoms with Gasteiger partial charge in [-0.1, -0.05) is 29.3 Å². The van der Waals surface area contributed by atoms with Crippen molar-refractivity contribution in [1.82, 2.24) is 15.3 Å². The largest absolute Gasteiger partial charge is 0.360 e. The molecule has 2 aromatic carbocycles. The van der Waals surface area contributed by atoms with Crippen molar-refractivity contribution >= 4 is 51.3 Å². The zero-order chi connectivity index (χ0) is 19.5. The van der Waals surface area contributed by atoms with Gasteiger partial charge in [0.25, 0.3) is 0 Å². The minimum Gasteiger partial charge on any atom is -0.360 e. The molecule has 0 amide bonds. The Hall–Kier alpha value is -2.44. The molecule has 2 heterocycles. The van der Waals surface area contributed by atoms with Crippen LogP contribution in [0.3, 0.4) is 0 Å². The Kier molecular flexibility index (Phi) is 5.59. The van der Waals surface area contributed by atoms with E-state index in [1.165, 1.54) is 5.56 Å². The fourth-order valence-electron chi connectivity index (χ4n) is 3.49. The van der Waals surface area contributed by atoms with Crippen molar-refractivity contribution in [2.75, 3.05) is 23.3 Å². The van der Waals surface area contributed by atoms with Gasteiger partial charge in [0.2, 0.25) is 0 Å². The molecule has 28 heavy (non-hydrogen) atoms. The van der Waals surface area contributed by atoms with Crippen molar-refractivity contribution in [3.63, 3.8) is 0 Å². The monoisotopic (exact) mass is 411 g/mol. The van der Waals surface area contributed by atoms with E-state index >= 15 is 0 Å². The van der Waals surface area contributed by atoms with Crippen LogP contribution in [0.1, 0.15) is 18.4 Å². The van der Waals surface area contributed by atoms with E-state index in [0.29, 0.717) is 16.2 Å². The number of thiocarbonyl (C=S) groups is 1. The fraction of sp³-hybridized carbons (Fsp3) is 0.286. The fourth-order valence-corrected chi connectivity index (χ4v) is 3.94. The van der Waals surface area contributed by atoms with Crippen LogP contribution in [0.4, 0.5) is 11.5 Å². The summed E-state index contributed by atoms with van der Waals surface area (Å²) in [6, 6.07) is 14.3. The molecule has 0 spiro atoms. The number of hydrogen-bond acceptors (Lipinski definition) is 4. The predicted octanol–water partition coefficient (Wildman–Crippen LogP) is 4.55. The quantitative estimate of drug-likeness (QED) is 0.617. The van der Waals surface area contributed by atoms with Crippen molar-refractivity contribution in [3.8, 4) is 0 Å². The Morgan fingerprint density at radius 3 is 2.61 bits per heavy atom. The Balaban J connectivity index is 1.36. The molecule has 0 unspecified atom stereocenters. The molecule has 1 aliphatic heterocycles. The van der Waals surface area contributed by atoms with Crippen molar-refractivity contribution in [2.45, 2.75) is 25.8 Å². The van der Waals surface area contributed by atoms with Crippen LogP contribution >= 0.6 is 23.8 Å². The first kappa shape index (κ1) is 18.9. The van der Waals surface area contributed by atoms with Gasteiger partial charge in [-0.15, -0.1) is 0 Å². The van der Waals surface area contributed by atoms with Crippen LogP contribution in [-0.2, 0) is 0 Å². The van der Waals surface area contributed by atoms with Crippen molar-refractivity contribution in [3.05, 3.63) is 59.4 Å². The lowest BCUT2D eigenvalue weighted by atomic mass is 10.0. The molecule has 0 atom stereocenters. The number of rotatable bonds is 3. The number of aryl methyl sites for hydroxylation is 1. The smallest absolute Gasteiger partial charge is 0.170 e. The topological polar surface area (TPSA) is 53.1 Å². The Morgan fingerprint density at radius 1 is 1.11 bits per heavy atom. The Bertz CT molecular complexity index is 984. The van der Waals surface area contributed by atoms with Crippen LogP contribution in [0.2, 0.25) is 5.02 Å². The van der Waals surface area contributed by atoms with Gasteiger partial charge in [-0.05, 0) is 62.3 Å². The molecule has 0 aliphatic carbocycles. The highest BCUT2D eigenvalue weighted by Crippen LogP contribution is 2.27. The maximum atomic E-state index is 6.09. The summed E-state index contributed by atoms with van der Waals surface area (Å²) in [6.07, 6.45) is 3.60. The van der Waals surface area contributed by atoms with Gasteiger partial charge in [0, 0.05) is 35.2 Å². The Morgan fingerprint density at radius 2 is 1.86 bits per heavy atom. The summed E-state index contributed by atoms with van der Waals surface area (Å²) in [6.45, 7) is 3.91. The van der Waals surface area contributed by atoms with E-state index in [-0.39, 0.29) is 0 Å². The second-order valence-electron chi connectivity index (χ2n) is 7.08. The zero-order valence-corrected chi connectivity index (χ0v) is 17.2. The van der Waals surface area contributed by atoms with Crippen molar-refractivity contribution < 1.29 is 0 Å². The summed E-state index contributed by atoms with van der Waals surface area (Å²) in [5, 5.41) is 9.10. The number of nitrogens with one attached hydrogen (secondary N) is 2.